The lowest BCUT2D eigenvalue weighted by Crippen LogP contribution is -2.56. The zero-order chi connectivity index (χ0) is 16.1. The van der Waals surface area contributed by atoms with Crippen LogP contribution in [0, 0.1) is 11.8 Å². The summed E-state index contributed by atoms with van der Waals surface area (Å²) in [5, 5.41) is 0. The van der Waals surface area contributed by atoms with Gasteiger partial charge in [-0.25, -0.2) is 0 Å². The number of hydrogen-bond donors (Lipinski definition) is 0. The van der Waals surface area contributed by atoms with Crippen molar-refractivity contribution in [3.8, 4) is 5.75 Å². The summed E-state index contributed by atoms with van der Waals surface area (Å²) in [7, 11) is 1.69. The highest BCUT2D eigenvalue weighted by Crippen LogP contribution is 2.54. The maximum atomic E-state index is 12.5. The van der Waals surface area contributed by atoms with Crippen molar-refractivity contribution >= 4 is 11.6 Å². The Labute approximate surface area is 133 Å². The van der Waals surface area contributed by atoms with Crippen LogP contribution in [0.4, 0.5) is 5.69 Å². The molecular weight excluding hydrogens is 274 g/mol. The molecule has 0 spiro atoms. The van der Waals surface area contributed by atoms with Crippen LogP contribution < -0.4 is 9.64 Å². The number of para-hydroxylation sites is 1. The lowest BCUT2D eigenvalue weighted by atomic mass is 9.60. The molecule has 0 N–H and O–H groups in total. The molecule has 1 aromatic rings. The maximum absolute atomic E-state index is 12.5. The number of anilines is 1. The van der Waals surface area contributed by atoms with Crippen LogP contribution in [0.15, 0.2) is 18.2 Å². The third kappa shape index (κ3) is 2.13. The van der Waals surface area contributed by atoms with Crippen LogP contribution in [0.3, 0.4) is 0 Å². The summed E-state index contributed by atoms with van der Waals surface area (Å²) in [5.41, 5.74) is 2.32. The van der Waals surface area contributed by atoms with Gasteiger partial charge in [0, 0.05) is 13.0 Å². The van der Waals surface area contributed by atoms with Crippen LogP contribution in [-0.4, -0.2) is 19.1 Å². The molecule has 120 valence electrons. The number of hydrogen-bond acceptors (Lipinski definition) is 2. The van der Waals surface area contributed by atoms with E-state index in [1.165, 1.54) is 18.4 Å². The smallest absolute Gasteiger partial charge is 0.224 e. The zero-order valence-corrected chi connectivity index (χ0v) is 14.3. The molecule has 3 atom stereocenters. The third-order valence-electron chi connectivity index (χ3n) is 5.83. The molecule has 3 heteroatoms. The average Bonchev–Trinajstić information content (AvgIpc) is 2.46. The average molecular weight is 301 g/mol. The molecule has 3 rings (SSSR count). The van der Waals surface area contributed by atoms with Gasteiger partial charge in [-0.3, -0.25) is 4.79 Å². The van der Waals surface area contributed by atoms with Crippen molar-refractivity contribution in [1.82, 2.24) is 0 Å². The van der Waals surface area contributed by atoms with Crippen molar-refractivity contribution in [2.24, 2.45) is 11.8 Å². The first-order valence-electron chi connectivity index (χ1n) is 8.35. The Morgan fingerprint density at radius 1 is 1.32 bits per heavy atom. The summed E-state index contributed by atoms with van der Waals surface area (Å²) in [6.07, 6.45) is 3.54. The first-order chi connectivity index (χ1) is 10.4. The predicted molar refractivity (Wildman–Crippen MR) is 89.5 cm³/mol. The fourth-order valence-corrected chi connectivity index (χ4v) is 4.69. The van der Waals surface area contributed by atoms with Crippen LogP contribution >= 0.6 is 0 Å². The molecule has 1 aliphatic carbocycles. The fraction of sp³-hybridized carbons (Fsp3) is 0.632. The molecule has 22 heavy (non-hydrogen) atoms. The largest absolute Gasteiger partial charge is 0.495 e. The number of rotatable bonds is 1. The van der Waals surface area contributed by atoms with E-state index in [0.29, 0.717) is 17.9 Å². The summed E-state index contributed by atoms with van der Waals surface area (Å²) in [5.74, 6) is 2.14. The van der Waals surface area contributed by atoms with E-state index in [9.17, 15) is 4.79 Å². The summed E-state index contributed by atoms with van der Waals surface area (Å²) in [4.78, 5) is 14.5. The van der Waals surface area contributed by atoms with Crippen molar-refractivity contribution in [2.45, 2.75) is 58.4 Å². The Balaban J connectivity index is 2.23. The van der Waals surface area contributed by atoms with Crippen LogP contribution in [0.2, 0.25) is 0 Å². The van der Waals surface area contributed by atoms with E-state index in [-0.39, 0.29) is 11.3 Å². The summed E-state index contributed by atoms with van der Waals surface area (Å²) in [6, 6.07) is 6.48. The molecule has 1 aromatic carbocycles. The third-order valence-corrected chi connectivity index (χ3v) is 5.83. The molecule has 1 saturated carbocycles. The SMILES string of the molecule is COc1cccc2c1N(C(C)=O)[C@@H]1C[C@@H](C)CC[C@H]1C2(C)C. The van der Waals surface area contributed by atoms with Gasteiger partial charge in [0.1, 0.15) is 5.75 Å². The number of ether oxygens (including phenoxy) is 1. The van der Waals surface area contributed by atoms with Crippen molar-refractivity contribution in [2.75, 3.05) is 12.0 Å². The molecule has 0 aromatic heterocycles. The maximum Gasteiger partial charge on any atom is 0.224 e. The van der Waals surface area contributed by atoms with Gasteiger partial charge in [-0.1, -0.05) is 39.3 Å². The van der Waals surface area contributed by atoms with E-state index in [2.05, 4.69) is 26.8 Å². The Hall–Kier alpha value is -1.51. The Morgan fingerprint density at radius 3 is 2.68 bits per heavy atom. The number of carbonyl (C=O) groups excluding carboxylic acids is 1. The van der Waals surface area contributed by atoms with Gasteiger partial charge in [0.25, 0.3) is 0 Å². The van der Waals surface area contributed by atoms with Gasteiger partial charge in [-0.2, -0.15) is 0 Å². The minimum absolute atomic E-state index is 0.0701. The Kier molecular flexibility index (Phi) is 3.70. The second-order valence-electron chi connectivity index (χ2n) is 7.56. The van der Waals surface area contributed by atoms with Gasteiger partial charge in [0.15, 0.2) is 0 Å². The predicted octanol–water partition coefficient (Wildman–Crippen LogP) is 4.14. The number of nitrogens with zero attached hydrogens (tertiary/aromatic N) is 1. The summed E-state index contributed by atoms with van der Waals surface area (Å²) in [6.45, 7) is 8.65. The molecule has 0 radical (unpaired) electrons. The molecule has 1 amide bonds. The monoisotopic (exact) mass is 301 g/mol. The minimum Gasteiger partial charge on any atom is -0.495 e. The second-order valence-corrected chi connectivity index (χ2v) is 7.56. The number of fused-ring (bicyclic) bond motifs is 2. The number of methoxy groups -OCH3 is 1. The minimum atomic E-state index is 0.0701. The summed E-state index contributed by atoms with van der Waals surface area (Å²) >= 11 is 0. The molecule has 3 nitrogen and oxygen atoms in total. The number of benzene rings is 1. The molecule has 0 saturated heterocycles. The number of amides is 1. The second kappa shape index (κ2) is 5.29. The standard InChI is InChI=1S/C19H27NO2/c1-12-9-10-14-16(11-12)20(13(2)21)18-15(19(14,3)4)7-6-8-17(18)22-5/h6-8,12,14,16H,9-11H2,1-5H3/t12-,14+,16+/m0/s1. The Bertz CT molecular complexity index is 593. The number of carbonyl (C=O) groups is 1. The van der Waals surface area contributed by atoms with E-state index in [4.69, 9.17) is 4.74 Å². The first-order valence-corrected chi connectivity index (χ1v) is 8.35. The molecular formula is C19H27NO2. The van der Waals surface area contributed by atoms with Gasteiger partial charge >= 0.3 is 0 Å². The molecule has 0 bridgehead atoms. The van der Waals surface area contributed by atoms with Gasteiger partial charge < -0.3 is 9.64 Å². The van der Waals surface area contributed by atoms with E-state index in [1.54, 1.807) is 14.0 Å². The molecule has 0 unspecified atom stereocenters. The van der Waals surface area contributed by atoms with E-state index in [1.807, 2.05) is 17.0 Å². The highest BCUT2D eigenvalue weighted by atomic mass is 16.5. The zero-order valence-electron chi connectivity index (χ0n) is 14.3. The van der Waals surface area contributed by atoms with Gasteiger partial charge in [-0.15, -0.1) is 0 Å². The van der Waals surface area contributed by atoms with Crippen LogP contribution in [0.1, 0.15) is 52.5 Å². The highest BCUT2D eigenvalue weighted by molar-refractivity contribution is 5.96. The van der Waals surface area contributed by atoms with Crippen molar-refractivity contribution in [3.05, 3.63) is 23.8 Å². The quantitative estimate of drug-likeness (QED) is 0.780. The molecule has 1 heterocycles. The first kappa shape index (κ1) is 15.4. The van der Waals surface area contributed by atoms with Crippen molar-refractivity contribution < 1.29 is 9.53 Å². The molecule has 2 aliphatic rings. The van der Waals surface area contributed by atoms with Gasteiger partial charge in [0.05, 0.1) is 12.8 Å². The Morgan fingerprint density at radius 2 is 2.05 bits per heavy atom. The van der Waals surface area contributed by atoms with Crippen LogP contribution in [0.5, 0.6) is 5.75 Å². The van der Waals surface area contributed by atoms with E-state index >= 15 is 0 Å². The summed E-state index contributed by atoms with van der Waals surface area (Å²) < 4.78 is 5.60. The van der Waals surface area contributed by atoms with E-state index < -0.39 is 0 Å². The van der Waals surface area contributed by atoms with Crippen molar-refractivity contribution in [3.63, 3.8) is 0 Å². The molecule has 1 aliphatic heterocycles. The lowest BCUT2D eigenvalue weighted by molar-refractivity contribution is -0.118. The topological polar surface area (TPSA) is 29.5 Å². The van der Waals surface area contributed by atoms with Gasteiger partial charge in [-0.05, 0) is 41.7 Å². The normalized spacial score (nSPS) is 29.5. The van der Waals surface area contributed by atoms with Crippen LogP contribution in [0.25, 0.3) is 0 Å². The highest BCUT2D eigenvalue weighted by Gasteiger charge is 2.49. The molecule has 1 fully saturated rings. The van der Waals surface area contributed by atoms with Crippen molar-refractivity contribution in [1.29, 1.82) is 0 Å². The van der Waals surface area contributed by atoms with Gasteiger partial charge in [0.2, 0.25) is 5.91 Å². The fourth-order valence-electron chi connectivity index (χ4n) is 4.69. The lowest BCUT2D eigenvalue weighted by Gasteiger charge is -2.54. The van der Waals surface area contributed by atoms with E-state index in [0.717, 1.165) is 17.9 Å². The van der Waals surface area contributed by atoms with Crippen LogP contribution in [-0.2, 0) is 10.2 Å².